The number of nitrogens with zero attached hydrogens (tertiary/aromatic N) is 2. The SMILES string of the molecule is O=C(O)CC1CN(C(=O)Nc2nc(C3CC3)cs2)C1. The zero-order chi connectivity index (χ0) is 13.4. The van der Waals surface area contributed by atoms with E-state index in [0.717, 1.165) is 5.69 Å². The standard InChI is InChI=1S/C12H15N3O3S/c16-10(17)3-7-4-15(5-7)12(18)14-11-13-9(6-19-11)8-1-2-8/h6-8H,1-5H2,(H,16,17)(H,13,14,18). The number of rotatable bonds is 4. The van der Waals surface area contributed by atoms with Crippen LogP contribution in [-0.4, -0.2) is 40.1 Å². The van der Waals surface area contributed by atoms with E-state index in [2.05, 4.69) is 10.3 Å². The number of carbonyl (C=O) groups is 2. The molecular formula is C12H15N3O3S. The van der Waals surface area contributed by atoms with Crippen molar-refractivity contribution in [2.24, 2.45) is 5.92 Å². The van der Waals surface area contributed by atoms with E-state index in [9.17, 15) is 9.59 Å². The van der Waals surface area contributed by atoms with E-state index in [1.807, 2.05) is 5.38 Å². The molecule has 0 atom stereocenters. The number of amides is 2. The van der Waals surface area contributed by atoms with E-state index < -0.39 is 5.97 Å². The molecular weight excluding hydrogens is 266 g/mol. The van der Waals surface area contributed by atoms with Crippen LogP contribution in [0, 0.1) is 5.92 Å². The number of carboxylic acids is 1. The highest BCUT2D eigenvalue weighted by Crippen LogP contribution is 2.40. The van der Waals surface area contributed by atoms with E-state index in [4.69, 9.17) is 5.11 Å². The summed E-state index contributed by atoms with van der Waals surface area (Å²) in [6, 6.07) is -0.182. The first-order valence-electron chi connectivity index (χ1n) is 6.35. The molecule has 0 unspecified atom stereocenters. The second-order valence-electron chi connectivity index (χ2n) is 5.15. The Morgan fingerprint density at radius 2 is 2.21 bits per heavy atom. The van der Waals surface area contributed by atoms with Crippen LogP contribution in [0.3, 0.4) is 0 Å². The third kappa shape index (κ3) is 2.86. The van der Waals surface area contributed by atoms with Crippen LogP contribution in [0.1, 0.15) is 30.9 Å². The van der Waals surface area contributed by atoms with Crippen LogP contribution in [0.2, 0.25) is 0 Å². The van der Waals surface area contributed by atoms with Gasteiger partial charge in [-0.2, -0.15) is 0 Å². The zero-order valence-corrected chi connectivity index (χ0v) is 11.2. The number of nitrogens with one attached hydrogen (secondary N) is 1. The summed E-state index contributed by atoms with van der Waals surface area (Å²) in [6.07, 6.45) is 2.52. The number of hydrogen-bond acceptors (Lipinski definition) is 4. The van der Waals surface area contributed by atoms with Crippen LogP contribution in [0.5, 0.6) is 0 Å². The summed E-state index contributed by atoms with van der Waals surface area (Å²) < 4.78 is 0. The highest BCUT2D eigenvalue weighted by molar-refractivity contribution is 7.13. The molecule has 1 saturated heterocycles. The van der Waals surface area contributed by atoms with Crippen LogP contribution < -0.4 is 5.32 Å². The molecule has 2 aliphatic rings. The minimum atomic E-state index is -0.806. The van der Waals surface area contributed by atoms with Gasteiger partial charge in [-0.05, 0) is 12.8 Å². The van der Waals surface area contributed by atoms with E-state index in [-0.39, 0.29) is 18.4 Å². The van der Waals surface area contributed by atoms with E-state index >= 15 is 0 Å². The molecule has 2 heterocycles. The summed E-state index contributed by atoms with van der Waals surface area (Å²) in [5, 5.41) is 14.0. The van der Waals surface area contributed by atoms with Crippen LogP contribution in [-0.2, 0) is 4.79 Å². The lowest BCUT2D eigenvalue weighted by molar-refractivity contribution is -0.139. The topological polar surface area (TPSA) is 82.5 Å². The summed E-state index contributed by atoms with van der Waals surface area (Å²) in [4.78, 5) is 28.4. The fourth-order valence-electron chi connectivity index (χ4n) is 2.19. The highest BCUT2D eigenvalue weighted by Gasteiger charge is 2.32. The number of aromatic nitrogens is 1. The van der Waals surface area contributed by atoms with Crippen molar-refractivity contribution in [3.05, 3.63) is 11.1 Å². The summed E-state index contributed by atoms with van der Waals surface area (Å²) >= 11 is 1.45. The Hall–Kier alpha value is -1.63. The van der Waals surface area contributed by atoms with Crippen molar-refractivity contribution in [1.82, 2.24) is 9.88 Å². The van der Waals surface area contributed by atoms with Gasteiger partial charge in [0.25, 0.3) is 0 Å². The molecule has 1 aromatic heterocycles. The Morgan fingerprint density at radius 3 is 2.84 bits per heavy atom. The highest BCUT2D eigenvalue weighted by atomic mass is 32.1. The fourth-order valence-corrected chi connectivity index (χ4v) is 2.97. The molecule has 1 aromatic rings. The number of carboxylic acid groups (broad SMARTS) is 1. The van der Waals surface area contributed by atoms with Gasteiger partial charge in [0.2, 0.25) is 0 Å². The first kappa shape index (κ1) is 12.4. The summed E-state index contributed by atoms with van der Waals surface area (Å²) in [7, 11) is 0. The fraction of sp³-hybridized carbons (Fsp3) is 0.583. The molecule has 2 N–H and O–H groups in total. The Bertz CT molecular complexity index is 506. The molecule has 3 rings (SSSR count). The van der Waals surface area contributed by atoms with Gasteiger partial charge in [0.1, 0.15) is 0 Å². The maximum absolute atomic E-state index is 11.9. The molecule has 0 spiro atoms. The summed E-state index contributed by atoms with van der Waals surface area (Å²) in [5.74, 6) is -0.133. The molecule has 102 valence electrons. The molecule has 1 aliphatic heterocycles. The quantitative estimate of drug-likeness (QED) is 0.883. The largest absolute Gasteiger partial charge is 0.481 e. The normalized spacial score (nSPS) is 19.1. The Kier molecular flexibility index (Phi) is 3.14. The lowest BCUT2D eigenvalue weighted by Crippen LogP contribution is -2.52. The number of hydrogen-bond donors (Lipinski definition) is 2. The van der Waals surface area contributed by atoms with Crippen molar-refractivity contribution in [1.29, 1.82) is 0 Å². The Labute approximate surface area is 114 Å². The summed E-state index contributed by atoms with van der Waals surface area (Å²) in [6.45, 7) is 1.03. The summed E-state index contributed by atoms with van der Waals surface area (Å²) in [5.41, 5.74) is 1.08. The third-order valence-electron chi connectivity index (χ3n) is 3.44. The maximum Gasteiger partial charge on any atom is 0.323 e. The van der Waals surface area contributed by atoms with Crippen molar-refractivity contribution >= 4 is 28.5 Å². The number of thiazole rings is 1. The van der Waals surface area contributed by atoms with Gasteiger partial charge in [-0.1, -0.05) is 0 Å². The zero-order valence-electron chi connectivity index (χ0n) is 10.3. The smallest absolute Gasteiger partial charge is 0.323 e. The monoisotopic (exact) mass is 281 g/mol. The first-order chi connectivity index (χ1) is 9.11. The first-order valence-corrected chi connectivity index (χ1v) is 7.23. The minimum Gasteiger partial charge on any atom is -0.481 e. The number of anilines is 1. The van der Waals surface area contributed by atoms with Crippen LogP contribution in [0.25, 0.3) is 0 Å². The molecule has 0 bridgehead atoms. The predicted molar refractivity (Wildman–Crippen MR) is 70.4 cm³/mol. The van der Waals surface area contributed by atoms with Gasteiger partial charge in [0, 0.05) is 30.3 Å². The van der Waals surface area contributed by atoms with Gasteiger partial charge in [-0.15, -0.1) is 11.3 Å². The predicted octanol–water partition coefficient (Wildman–Crippen LogP) is 1.96. The molecule has 2 fully saturated rings. The van der Waals surface area contributed by atoms with E-state index in [1.54, 1.807) is 4.90 Å². The van der Waals surface area contributed by atoms with Crippen LogP contribution in [0.15, 0.2) is 5.38 Å². The van der Waals surface area contributed by atoms with Crippen molar-refractivity contribution in [2.75, 3.05) is 18.4 Å². The molecule has 19 heavy (non-hydrogen) atoms. The second kappa shape index (κ2) is 4.80. The average molecular weight is 281 g/mol. The number of urea groups is 1. The average Bonchev–Trinajstić information content (AvgIpc) is 3.04. The lowest BCUT2D eigenvalue weighted by atomic mass is 9.97. The van der Waals surface area contributed by atoms with Crippen molar-refractivity contribution < 1.29 is 14.7 Å². The third-order valence-corrected chi connectivity index (χ3v) is 4.22. The van der Waals surface area contributed by atoms with Crippen molar-refractivity contribution in [3.8, 4) is 0 Å². The molecule has 1 saturated carbocycles. The van der Waals surface area contributed by atoms with Gasteiger partial charge >= 0.3 is 12.0 Å². The van der Waals surface area contributed by atoms with E-state index in [0.29, 0.717) is 24.1 Å². The number of likely N-dealkylation sites (tertiary alicyclic amines) is 1. The molecule has 0 radical (unpaired) electrons. The maximum atomic E-state index is 11.9. The Balaban J connectivity index is 1.47. The molecule has 0 aromatic carbocycles. The van der Waals surface area contributed by atoms with Crippen molar-refractivity contribution in [3.63, 3.8) is 0 Å². The van der Waals surface area contributed by atoms with Gasteiger partial charge in [-0.25, -0.2) is 9.78 Å². The van der Waals surface area contributed by atoms with E-state index in [1.165, 1.54) is 24.2 Å². The lowest BCUT2D eigenvalue weighted by Gasteiger charge is -2.38. The number of aliphatic carboxylic acids is 1. The molecule has 2 amide bonds. The second-order valence-corrected chi connectivity index (χ2v) is 6.01. The molecule has 1 aliphatic carbocycles. The van der Waals surface area contributed by atoms with Crippen LogP contribution in [0.4, 0.5) is 9.93 Å². The van der Waals surface area contributed by atoms with Gasteiger partial charge in [0.15, 0.2) is 5.13 Å². The Morgan fingerprint density at radius 1 is 1.47 bits per heavy atom. The van der Waals surface area contributed by atoms with Gasteiger partial charge < -0.3 is 10.0 Å². The van der Waals surface area contributed by atoms with Crippen molar-refractivity contribution in [2.45, 2.75) is 25.2 Å². The number of carbonyl (C=O) groups excluding carboxylic acids is 1. The van der Waals surface area contributed by atoms with Gasteiger partial charge in [0.05, 0.1) is 12.1 Å². The van der Waals surface area contributed by atoms with Crippen LogP contribution >= 0.6 is 11.3 Å². The molecule has 6 nitrogen and oxygen atoms in total. The molecule has 7 heteroatoms. The minimum absolute atomic E-state index is 0.0848. The van der Waals surface area contributed by atoms with Gasteiger partial charge in [-0.3, -0.25) is 10.1 Å².